The molecule has 0 saturated heterocycles. The van der Waals surface area contributed by atoms with Crippen molar-refractivity contribution in [3.8, 4) is 11.5 Å². The van der Waals surface area contributed by atoms with Gasteiger partial charge < -0.3 is 20.1 Å². The number of methoxy groups -OCH3 is 2. The maximum atomic E-state index is 5.97. The fourth-order valence-corrected chi connectivity index (χ4v) is 1.41. The minimum absolute atomic E-state index is 0.532. The summed E-state index contributed by atoms with van der Waals surface area (Å²) in [4.78, 5) is 0. The topological polar surface area (TPSA) is 42.5 Å². The van der Waals surface area contributed by atoms with Crippen molar-refractivity contribution < 1.29 is 9.47 Å². The zero-order valence-corrected chi connectivity index (χ0v) is 9.81. The van der Waals surface area contributed by atoms with Gasteiger partial charge in [0.2, 0.25) is 0 Å². The zero-order chi connectivity index (χ0) is 11.3. The van der Waals surface area contributed by atoms with Crippen LogP contribution in [-0.4, -0.2) is 27.9 Å². The van der Waals surface area contributed by atoms with E-state index in [0.29, 0.717) is 23.2 Å². The molecule has 5 heteroatoms. The molecule has 0 saturated carbocycles. The van der Waals surface area contributed by atoms with Gasteiger partial charge in [-0.15, -0.1) is 0 Å². The lowest BCUT2D eigenvalue weighted by Gasteiger charge is -2.13. The Morgan fingerprint density at radius 1 is 1.20 bits per heavy atom. The molecule has 0 amide bonds. The van der Waals surface area contributed by atoms with E-state index in [9.17, 15) is 0 Å². The van der Waals surface area contributed by atoms with Gasteiger partial charge in [-0.3, -0.25) is 0 Å². The van der Waals surface area contributed by atoms with Crippen LogP contribution >= 0.6 is 11.6 Å². The van der Waals surface area contributed by atoms with Crippen molar-refractivity contribution in [2.75, 3.05) is 33.3 Å². The van der Waals surface area contributed by atoms with Crippen molar-refractivity contribution in [1.82, 2.24) is 5.32 Å². The predicted octanol–water partition coefficient (Wildman–Crippen LogP) is 1.95. The number of halogens is 1. The first-order valence-electron chi connectivity index (χ1n) is 4.53. The molecule has 0 heterocycles. The summed E-state index contributed by atoms with van der Waals surface area (Å²) in [6, 6.07) is 3.52. The first-order valence-corrected chi connectivity index (χ1v) is 4.90. The molecule has 0 fully saturated rings. The van der Waals surface area contributed by atoms with E-state index in [-0.39, 0.29) is 0 Å². The molecule has 0 bridgehead atoms. The molecule has 84 valence electrons. The van der Waals surface area contributed by atoms with Gasteiger partial charge in [-0.1, -0.05) is 11.6 Å². The Morgan fingerprint density at radius 3 is 2.40 bits per heavy atom. The van der Waals surface area contributed by atoms with Crippen molar-refractivity contribution in [2.24, 2.45) is 0 Å². The molecule has 1 aromatic rings. The lowest BCUT2D eigenvalue weighted by Crippen LogP contribution is -2.17. The minimum Gasteiger partial charge on any atom is -0.495 e. The van der Waals surface area contributed by atoms with Crippen LogP contribution < -0.4 is 20.1 Å². The van der Waals surface area contributed by atoms with E-state index in [4.69, 9.17) is 21.1 Å². The summed E-state index contributed by atoms with van der Waals surface area (Å²) in [5.74, 6) is 1.31. The van der Waals surface area contributed by atoms with Gasteiger partial charge in [-0.2, -0.15) is 0 Å². The van der Waals surface area contributed by atoms with Crippen LogP contribution in [0.3, 0.4) is 0 Å². The van der Waals surface area contributed by atoms with E-state index in [1.807, 2.05) is 7.05 Å². The smallest absolute Gasteiger partial charge is 0.143 e. The summed E-state index contributed by atoms with van der Waals surface area (Å²) in [6.45, 7) is 0.640. The van der Waals surface area contributed by atoms with E-state index in [2.05, 4.69) is 10.6 Å². The van der Waals surface area contributed by atoms with Crippen molar-refractivity contribution in [1.29, 1.82) is 0 Å². The molecule has 0 radical (unpaired) electrons. The van der Waals surface area contributed by atoms with Crippen LogP contribution in [0.1, 0.15) is 0 Å². The highest BCUT2D eigenvalue weighted by Gasteiger charge is 2.08. The van der Waals surface area contributed by atoms with E-state index in [1.54, 1.807) is 26.4 Å². The normalized spacial score (nSPS) is 9.87. The lowest BCUT2D eigenvalue weighted by molar-refractivity contribution is 0.404. The third kappa shape index (κ3) is 2.91. The fraction of sp³-hybridized carbons (Fsp3) is 0.400. The van der Waals surface area contributed by atoms with Crippen LogP contribution in [0.5, 0.6) is 11.5 Å². The second-order valence-corrected chi connectivity index (χ2v) is 3.30. The summed E-state index contributed by atoms with van der Waals surface area (Å²) in [5.41, 5.74) is 0.841. The predicted molar refractivity (Wildman–Crippen MR) is 62.1 cm³/mol. The molecular weight excluding hydrogens is 216 g/mol. The maximum absolute atomic E-state index is 5.97. The molecule has 15 heavy (non-hydrogen) atoms. The molecule has 4 nitrogen and oxygen atoms in total. The van der Waals surface area contributed by atoms with Crippen LogP contribution in [0, 0.1) is 0 Å². The van der Waals surface area contributed by atoms with Gasteiger partial charge in [0, 0.05) is 12.1 Å². The van der Waals surface area contributed by atoms with Crippen molar-refractivity contribution in [3.05, 3.63) is 17.2 Å². The highest BCUT2D eigenvalue weighted by atomic mass is 35.5. The second kappa shape index (κ2) is 5.68. The van der Waals surface area contributed by atoms with Crippen LogP contribution in [-0.2, 0) is 0 Å². The van der Waals surface area contributed by atoms with Crippen molar-refractivity contribution in [2.45, 2.75) is 0 Å². The van der Waals surface area contributed by atoms with Gasteiger partial charge in [0.1, 0.15) is 11.5 Å². The van der Waals surface area contributed by atoms with Gasteiger partial charge in [0.25, 0.3) is 0 Å². The Bertz CT molecular complexity index is 331. The molecule has 0 aliphatic rings. The van der Waals surface area contributed by atoms with E-state index in [1.165, 1.54) is 0 Å². The molecule has 0 aliphatic carbocycles. The molecule has 0 aromatic heterocycles. The summed E-state index contributed by atoms with van der Waals surface area (Å²) in [7, 11) is 5.03. The standard InChI is InChI=1S/C10H15ClN2O2/c1-12-6-13-8-5-9(14-2)7(11)4-10(8)15-3/h4-5,12-13H,6H2,1-3H3. The minimum atomic E-state index is 0.532. The van der Waals surface area contributed by atoms with Crippen LogP contribution in [0.4, 0.5) is 5.69 Å². The molecule has 0 unspecified atom stereocenters. The molecule has 2 N–H and O–H groups in total. The average Bonchev–Trinajstić information content (AvgIpc) is 2.26. The maximum Gasteiger partial charge on any atom is 0.143 e. The fourth-order valence-electron chi connectivity index (χ4n) is 1.18. The number of benzene rings is 1. The average molecular weight is 231 g/mol. The molecule has 0 aliphatic heterocycles. The summed E-state index contributed by atoms with van der Waals surface area (Å²) < 4.78 is 10.3. The number of hydrogen-bond acceptors (Lipinski definition) is 4. The van der Waals surface area contributed by atoms with Gasteiger partial charge in [0.05, 0.1) is 31.6 Å². The number of ether oxygens (including phenoxy) is 2. The van der Waals surface area contributed by atoms with E-state index in [0.717, 1.165) is 5.69 Å². The first-order chi connectivity index (χ1) is 7.22. The SMILES string of the molecule is CNCNc1cc(OC)c(Cl)cc1OC. The van der Waals surface area contributed by atoms with Crippen LogP contribution in [0.15, 0.2) is 12.1 Å². The van der Waals surface area contributed by atoms with E-state index >= 15 is 0 Å². The van der Waals surface area contributed by atoms with Crippen molar-refractivity contribution >= 4 is 17.3 Å². The molecule has 1 rings (SSSR count). The molecule has 1 aromatic carbocycles. The number of rotatable bonds is 5. The Balaban J connectivity index is 2.99. The molecule has 0 spiro atoms. The molecule has 0 atom stereocenters. The number of hydrogen-bond donors (Lipinski definition) is 2. The van der Waals surface area contributed by atoms with E-state index < -0.39 is 0 Å². The highest BCUT2D eigenvalue weighted by molar-refractivity contribution is 6.32. The Morgan fingerprint density at radius 2 is 1.87 bits per heavy atom. The summed E-state index contributed by atoms with van der Waals surface area (Å²) in [5, 5.41) is 6.65. The van der Waals surface area contributed by atoms with Crippen molar-refractivity contribution in [3.63, 3.8) is 0 Å². The zero-order valence-electron chi connectivity index (χ0n) is 9.06. The third-order valence-corrected chi connectivity index (χ3v) is 2.22. The second-order valence-electron chi connectivity index (χ2n) is 2.89. The monoisotopic (exact) mass is 230 g/mol. The quantitative estimate of drug-likeness (QED) is 0.759. The van der Waals surface area contributed by atoms with Gasteiger partial charge in [0.15, 0.2) is 0 Å². The molecular formula is C10H15ClN2O2. The Kier molecular flexibility index (Phi) is 4.52. The summed E-state index contributed by atoms with van der Waals surface area (Å²) in [6.07, 6.45) is 0. The number of nitrogens with one attached hydrogen (secondary N) is 2. The lowest BCUT2D eigenvalue weighted by atomic mass is 10.2. The largest absolute Gasteiger partial charge is 0.495 e. The Labute approximate surface area is 94.5 Å². The van der Waals surface area contributed by atoms with Crippen LogP contribution in [0.2, 0.25) is 5.02 Å². The third-order valence-electron chi connectivity index (χ3n) is 1.93. The number of anilines is 1. The van der Waals surface area contributed by atoms with Gasteiger partial charge in [-0.25, -0.2) is 0 Å². The van der Waals surface area contributed by atoms with Gasteiger partial charge in [-0.05, 0) is 7.05 Å². The highest BCUT2D eigenvalue weighted by Crippen LogP contribution is 2.35. The first kappa shape index (κ1) is 11.9. The summed E-state index contributed by atoms with van der Waals surface area (Å²) >= 11 is 5.97. The van der Waals surface area contributed by atoms with Gasteiger partial charge >= 0.3 is 0 Å². The van der Waals surface area contributed by atoms with Crippen LogP contribution in [0.25, 0.3) is 0 Å². The Hall–Kier alpha value is -1.13.